The number of ether oxygens (including phenoxy) is 1. The Morgan fingerprint density at radius 2 is 2.03 bits per heavy atom. The van der Waals surface area contributed by atoms with E-state index >= 15 is 0 Å². The van der Waals surface area contributed by atoms with Crippen LogP contribution in [0.2, 0.25) is 0 Å². The van der Waals surface area contributed by atoms with Gasteiger partial charge < -0.3 is 15.6 Å². The number of rotatable bonds is 5. The van der Waals surface area contributed by atoms with Gasteiger partial charge in [-0.15, -0.1) is 0 Å². The highest BCUT2D eigenvalue weighted by atomic mass is 32.2. The van der Waals surface area contributed by atoms with Crippen LogP contribution >= 0.6 is 11.9 Å². The molecule has 4 N–H and O–H groups in total. The summed E-state index contributed by atoms with van der Waals surface area (Å²) in [7, 11) is 1.86. The Balaban J connectivity index is 1.64. The van der Waals surface area contributed by atoms with Gasteiger partial charge in [0.05, 0.1) is 36.0 Å². The van der Waals surface area contributed by atoms with E-state index in [2.05, 4.69) is 21.8 Å². The van der Waals surface area contributed by atoms with Crippen molar-refractivity contribution in [3.63, 3.8) is 0 Å². The van der Waals surface area contributed by atoms with Crippen LogP contribution in [0.5, 0.6) is 0 Å². The summed E-state index contributed by atoms with van der Waals surface area (Å²) in [5, 5.41) is 13.0. The van der Waals surface area contributed by atoms with Gasteiger partial charge in [0.25, 0.3) is 5.56 Å². The average Bonchev–Trinajstić information content (AvgIpc) is 2.82. The highest BCUT2D eigenvalue weighted by molar-refractivity contribution is 7.97. The van der Waals surface area contributed by atoms with Gasteiger partial charge in [-0.05, 0) is 66.5 Å². The van der Waals surface area contributed by atoms with Crippen LogP contribution in [0, 0.1) is 0 Å². The molecule has 0 radical (unpaired) electrons. The molecule has 5 rings (SSSR count). The summed E-state index contributed by atoms with van der Waals surface area (Å²) in [6.45, 7) is 0.736. The van der Waals surface area contributed by atoms with E-state index in [1.54, 1.807) is 10.9 Å². The summed E-state index contributed by atoms with van der Waals surface area (Å²) in [5.41, 5.74) is 9.61. The molecule has 2 atom stereocenters. The first-order valence-electron chi connectivity index (χ1n) is 11.0. The fraction of sp³-hybridized carbons (Fsp3) is 0.280. The SMILES string of the molecule is CNSc1ccc(Cc2cc3c(=O)n(C4CCOC[C@@H]4O)cnc3c3ccccc23)cc1N. The molecule has 8 heteroatoms. The number of aliphatic hydroxyl groups excluding tert-OH is 1. The summed E-state index contributed by atoms with van der Waals surface area (Å²) in [6.07, 6.45) is 2.05. The minimum absolute atomic E-state index is 0.141. The van der Waals surface area contributed by atoms with E-state index < -0.39 is 6.10 Å². The second-order valence-electron chi connectivity index (χ2n) is 8.29. The molecule has 0 bridgehead atoms. The molecule has 1 aliphatic heterocycles. The van der Waals surface area contributed by atoms with Gasteiger partial charge in [0.2, 0.25) is 0 Å². The van der Waals surface area contributed by atoms with E-state index in [0.717, 1.165) is 32.5 Å². The summed E-state index contributed by atoms with van der Waals surface area (Å²) in [5.74, 6) is 0. The van der Waals surface area contributed by atoms with Crippen LogP contribution in [0.15, 0.2) is 64.5 Å². The number of nitrogens with zero attached hydrogens (tertiary/aromatic N) is 2. The molecule has 0 saturated carbocycles. The van der Waals surface area contributed by atoms with Crippen molar-refractivity contribution < 1.29 is 9.84 Å². The third-order valence-corrected chi connectivity index (χ3v) is 7.00. The minimum Gasteiger partial charge on any atom is -0.398 e. The standard InChI is InChI=1S/C25H26N4O3S/c1-27-33-23-7-6-15(11-20(23)26)10-16-12-19-24(18-5-3-2-4-17(16)18)28-14-29(25(19)31)21-8-9-32-13-22(21)30/h2-7,11-12,14,21-22,27,30H,8-10,13,26H2,1H3/t21?,22-/m0/s1. The van der Waals surface area contributed by atoms with Crippen molar-refractivity contribution in [3.05, 3.63) is 76.3 Å². The van der Waals surface area contributed by atoms with Crippen LogP contribution in [-0.2, 0) is 11.2 Å². The lowest BCUT2D eigenvalue weighted by Crippen LogP contribution is -2.39. The maximum atomic E-state index is 13.5. The maximum absolute atomic E-state index is 13.5. The van der Waals surface area contributed by atoms with Crippen LogP contribution < -0.4 is 16.0 Å². The molecule has 170 valence electrons. The van der Waals surface area contributed by atoms with E-state index in [-0.39, 0.29) is 18.2 Å². The number of hydrogen-bond acceptors (Lipinski definition) is 7. The van der Waals surface area contributed by atoms with Crippen molar-refractivity contribution in [2.75, 3.05) is 26.0 Å². The number of hydrogen-bond donors (Lipinski definition) is 3. The largest absolute Gasteiger partial charge is 0.398 e. The van der Waals surface area contributed by atoms with Gasteiger partial charge in [-0.2, -0.15) is 0 Å². The Morgan fingerprint density at radius 1 is 1.21 bits per heavy atom. The highest BCUT2D eigenvalue weighted by Gasteiger charge is 2.27. The molecule has 1 fully saturated rings. The highest BCUT2D eigenvalue weighted by Crippen LogP contribution is 2.30. The summed E-state index contributed by atoms with van der Waals surface area (Å²) < 4.78 is 9.95. The molecular formula is C25H26N4O3S. The lowest BCUT2D eigenvalue weighted by Gasteiger charge is -2.29. The van der Waals surface area contributed by atoms with Gasteiger partial charge in [-0.1, -0.05) is 30.3 Å². The van der Waals surface area contributed by atoms with Crippen molar-refractivity contribution in [1.29, 1.82) is 0 Å². The Morgan fingerprint density at radius 3 is 2.79 bits per heavy atom. The molecule has 1 unspecified atom stereocenters. The monoisotopic (exact) mass is 462 g/mol. The van der Waals surface area contributed by atoms with E-state index in [1.807, 2.05) is 43.4 Å². The molecule has 1 saturated heterocycles. The molecule has 3 aromatic carbocycles. The molecule has 7 nitrogen and oxygen atoms in total. The van der Waals surface area contributed by atoms with Crippen LogP contribution in [0.3, 0.4) is 0 Å². The van der Waals surface area contributed by atoms with E-state index in [0.29, 0.717) is 30.4 Å². The zero-order chi connectivity index (χ0) is 22.9. The maximum Gasteiger partial charge on any atom is 0.261 e. The first kappa shape index (κ1) is 21.9. The Kier molecular flexibility index (Phi) is 6.07. The van der Waals surface area contributed by atoms with Crippen molar-refractivity contribution in [2.45, 2.75) is 29.9 Å². The quantitative estimate of drug-likeness (QED) is 0.238. The van der Waals surface area contributed by atoms with Gasteiger partial charge in [-0.25, -0.2) is 4.98 Å². The number of nitrogen functional groups attached to an aromatic ring is 1. The summed E-state index contributed by atoms with van der Waals surface area (Å²) in [6, 6.07) is 15.7. The summed E-state index contributed by atoms with van der Waals surface area (Å²) >= 11 is 1.48. The second-order valence-corrected chi connectivity index (χ2v) is 9.34. The van der Waals surface area contributed by atoms with Gasteiger partial charge in [0.1, 0.15) is 0 Å². The Labute approximate surface area is 195 Å². The topological polar surface area (TPSA) is 102 Å². The Bertz CT molecular complexity index is 1390. The minimum atomic E-state index is -0.729. The number of aliphatic hydroxyl groups is 1. The van der Waals surface area contributed by atoms with Gasteiger partial charge >= 0.3 is 0 Å². The van der Waals surface area contributed by atoms with Gasteiger partial charge in [0.15, 0.2) is 0 Å². The number of benzene rings is 3. The van der Waals surface area contributed by atoms with E-state index in [4.69, 9.17) is 10.5 Å². The average molecular weight is 463 g/mol. The first-order valence-corrected chi connectivity index (χ1v) is 11.8. The van der Waals surface area contributed by atoms with Crippen LogP contribution in [0.4, 0.5) is 5.69 Å². The molecule has 0 aliphatic carbocycles. The third kappa shape index (κ3) is 4.11. The summed E-state index contributed by atoms with van der Waals surface area (Å²) in [4.78, 5) is 19.2. The number of nitrogens with two attached hydrogens (primary N) is 1. The molecular weight excluding hydrogens is 436 g/mol. The predicted octanol–water partition coefficient (Wildman–Crippen LogP) is 3.27. The van der Waals surface area contributed by atoms with Crippen molar-refractivity contribution >= 4 is 39.3 Å². The van der Waals surface area contributed by atoms with Crippen molar-refractivity contribution in [1.82, 2.24) is 14.3 Å². The van der Waals surface area contributed by atoms with E-state index in [9.17, 15) is 9.90 Å². The normalized spacial score (nSPS) is 18.7. The molecule has 0 spiro atoms. The van der Waals surface area contributed by atoms with E-state index in [1.165, 1.54) is 11.9 Å². The molecule has 1 aliphatic rings. The second kappa shape index (κ2) is 9.15. The number of anilines is 1. The third-order valence-electron chi connectivity index (χ3n) is 6.21. The Hall–Kier alpha value is -2.91. The zero-order valence-electron chi connectivity index (χ0n) is 18.3. The lowest BCUT2D eigenvalue weighted by atomic mass is 9.95. The van der Waals surface area contributed by atoms with Crippen LogP contribution in [0.25, 0.3) is 21.7 Å². The zero-order valence-corrected chi connectivity index (χ0v) is 19.1. The molecule has 0 amide bonds. The molecule has 2 heterocycles. The smallest absolute Gasteiger partial charge is 0.261 e. The molecule has 4 aromatic rings. The number of fused-ring (bicyclic) bond motifs is 3. The molecule has 33 heavy (non-hydrogen) atoms. The van der Waals surface area contributed by atoms with Crippen LogP contribution in [-0.4, -0.2) is 41.0 Å². The fourth-order valence-electron chi connectivity index (χ4n) is 4.60. The first-order chi connectivity index (χ1) is 16.1. The number of aromatic nitrogens is 2. The van der Waals surface area contributed by atoms with Crippen molar-refractivity contribution in [3.8, 4) is 0 Å². The fourth-order valence-corrected chi connectivity index (χ4v) is 5.13. The number of nitrogens with one attached hydrogen (secondary N) is 1. The van der Waals surface area contributed by atoms with Gasteiger partial charge in [0, 0.05) is 22.6 Å². The van der Waals surface area contributed by atoms with Crippen molar-refractivity contribution in [2.24, 2.45) is 0 Å². The van der Waals surface area contributed by atoms with Gasteiger partial charge in [-0.3, -0.25) is 14.1 Å². The molecule has 1 aromatic heterocycles. The van der Waals surface area contributed by atoms with Crippen LogP contribution in [0.1, 0.15) is 23.6 Å². The lowest BCUT2D eigenvalue weighted by molar-refractivity contribution is -0.0395. The predicted molar refractivity (Wildman–Crippen MR) is 133 cm³/mol.